The fourth-order valence-electron chi connectivity index (χ4n) is 7.36. The summed E-state index contributed by atoms with van der Waals surface area (Å²) < 4.78 is 24.5. The molecule has 2 unspecified atom stereocenters. The lowest BCUT2D eigenvalue weighted by molar-refractivity contribution is -0.139. The van der Waals surface area contributed by atoms with E-state index in [0.29, 0.717) is 87.8 Å². The highest BCUT2D eigenvalue weighted by molar-refractivity contribution is 7.17. The molecule has 4 N–H and O–H groups in total. The van der Waals surface area contributed by atoms with Crippen molar-refractivity contribution in [3.63, 3.8) is 0 Å². The Morgan fingerprint density at radius 1 is 0.935 bits per heavy atom. The third-order valence-electron chi connectivity index (χ3n) is 10.4. The van der Waals surface area contributed by atoms with E-state index in [4.69, 9.17) is 35.5 Å². The minimum Gasteiger partial charge on any atom is -0.483 e. The summed E-state index contributed by atoms with van der Waals surface area (Å²) >= 11 is 7.56. The topological polar surface area (TPSA) is 225 Å². The van der Waals surface area contributed by atoms with Gasteiger partial charge in [-0.1, -0.05) is 29.8 Å². The molecule has 62 heavy (non-hydrogen) atoms. The average Bonchev–Trinajstić information content (AvgIpc) is 3.83. The number of aliphatic hydroxyl groups excluding tert-OH is 1. The molecular weight excluding hydrogens is 844 g/mol. The first-order valence-electron chi connectivity index (χ1n) is 20.3. The zero-order valence-corrected chi connectivity index (χ0v) is 35.8. The number of carbonyl (C=O) groups excluding carboxylic acids is 5. The fraction of sp³-hybridized carbons (Fsp3) is 0.429. The lowest BCUT2D eigenvalue weighted by Gasteiger charge is -2.32. The number of nitrogens with zero attached hydrogens (tertiary/aromatic N) is 5. The summed E-state index contributed by atoms with van der Waals surface area (Å²) in [5.74, 6) is -0.632. The maximum Gasteiger partial charge on any atom is 0.261 e. The van der Waals surface area contributed by atoms with Gasteiger partial charge in [0.2, 0.25) is 11.8 Å². The predicted molar refractivity (Wildman–Crippen MR) is 226 cm³/mol. The number of piperidine rings is 1. The van der Waals surface area contributed by atoms with Crippen LogP contribution < -0.4 is 20.7 Å². The number of hydrogen-bond acceptors (Lipinski definition) is 14. The number of aliphatic hydroxyl groups is 1. The Morgan fingerprint density at radius 2 is 1.63 bits per heavy atom. The lowest BCUT2D eigenvalue weighted by atomic mass is 9.99. The number of imide groups is 1. The Balaban J connectivity index is 0.730. The summed E-state index contributed by atoms with van der Waals surface area (Å²) in [4.78, 5) is 69.4. The van der Waals surface area contributed by atoms with Crippen LogP contribution in [0.5, 0.6) is 5.75 Å². The minimum atomic E-state index is -1.47. The average molecular weight is 891 g/mol. The van der Waals surface area contributed by atoms with Gasteiger partial charge >= 0.3 is 0 Å². The van der Waals surface area contributed by atoms with Crippen LogP contribution in [0.2, 0.25) is 5.02 Å². The Labute approximate surface area is 365 Å². The van der Waals surface area contributed by atoms with E-state index in [1.54, 1.807) is 6.07 Å². The van der Waals surface area contributed by atoms with Crippen molar-refractivity contribution in [1.82, 2.24) is 35.6 Å². The molecule has 2 aromatic heterocycles. The van der Waals surface area contributed by atoms with Crippen LogP contribution in [-0.2, 0) is 35.1 Å². The van der Waals surface area contributed by atoms with Crippen LogP contribution in [0.1, 0.15) is 85.8 Å². The van der Waals surface area contributed by atoms with E-state index in [9.17, 15) is 29.1 Å². The molecule has 5 heterocycles. The zero-order valence-electron chi connectivity index (χ0n) is 34.2. The molecule has 0 spiro atoms. The number of rotatable bonds is 20. The Kier molecular flexibility index (Phi) is 14.7. The van der Waals surface area contributed by atoms with E-state index >= 15 is 0 Å². The third kappa shape index (κ3) is 10.0. The monoisotopic (exact) mass is 890 g/mol. The molecule has 1 fully saturated rings. The van der Waals surface area contributed by atoms with Crippen molar-refractivity contribution < 1.29 is 48.0 Å². The number of aromatic nitrogens is 3. The maximum atomic E-state index is 13.4. The smallest absolute Gasteiger partial charge is 0.261 e. The largest absolute Gasteiger partial charge is 0.483 e. The van der Waals surface area contributed by atoms with Crippen LogP contribution in [-0.4, -0.2) is 125 Å². The molecule has 3 aliphatic rings. The molecule has 18 nitrogen and oxygen atoms in total. The number of thiophene rings is 1. The summed E-state index contributed by atoms with van der Waals surface area (Å²) in [6.45, 7) is 6.99. The number of amides is 5. The van der Waals surface area contributed by atoms with E-state index < -0.39 is 35.9 Å². The van der Waals surface area contributed by atoms with Crippen molar-refractivity contribution >= 4 is 58.2 Å². The number of hydrogen-bond donors (Lipinski definition) is 4. The molecule has 0 saturated carbocycles. The second-order valence-electron chi connectivity index (χ2n) is 14.6. The van der Waals surface area contributed by atoms with Crippen LogP contribution in [0.25, 0.3) is 5.00 Å². The van der Waals surface area contributed by atoms with Crippen molar-refractivity contribution in [3.8, 4) is 10.8 Å². The summed E-state index contributed by atoms with van der Waals surface area (Å²) in [6, 6.07) is 11.1. The van der Waals surface area contributed by atoms with Crippen molar-refractivity contribution in [1.29, 1.82) is 0 Å². The Hall–Kier alpha value is -5.57. The Bertz CT molecular complexity index is 2350. The van der Waals surface area contributed by atoms with Gasteiger partial charge in [0.1, 0.15) is 29.2 Å². The number of nitrogens with one attached hydrogen (secondary N) is 3. The van der Waals surface area contributed by atoms with Gasteiger partial charge in [-0.15, -0.1) is 21.5 Å². The van der Waals surface area contributed by atoms with Crippen molar-refractivity contribution in [2.24, 2.45) is 4.99 Å². The highest BCUT2D eigenvalue weighted by atomic mass is 35.5. The lowest BCUT2D eigenvalue weighted by Crippen LogP contribution is -2.53. The van der Waals surface area contributed by atoms with Crippen LogP contribution in [0.3, 0.4) is 0 Å². The van der Waals surface area contributed by atoms with Crippen molar-refractivity contribution in [2.45, 2.75) is 58.3 Å². The SMILES string of the molecule is Cc1c(C(=O)NCCCOCCOCCOCCCNC(=O)COc2cccc3c2C(O)N(C2CCC(=O)NC2=O)C3=O)sc2c1C(c1ccc(Cl)cc1)=NCc1nnc(C)n1-2. The molecule has 3 aliphatic heterocycles. The molecule has 2 atom stereocenters. The number of fused-ring (bicyclic) bond motifs is 4. The molecule has 0 aliphatic carbocycles. The minimum absolute atomic E-state index is 0.0488. The van der Waals surface area contributed by atoms with Crippen LogP contribution in [0.15, 0.2) is 47.5 Å². The second-order valence-corrected chi connectivity index (χ2v) is 16.1. The van der Waals surface area contributed by atoms with Crippen molar-refractivity contribution in [3.05, 3.63) is 91.8 Å². The maximum absolute atomic E-state index is 13.4. The molecule has 20 heteroatoms. The standard InChI is InChI=1S/C42H47ClN8O10S/c1-24-34-36(26-8-10-27(43)11-9-26)46-22-31-49-48-25(2)50(31)42(34)62-37(24)39(55)45-15-5-17-59-19-21-60-20-18-58-16-4-14-44-33(53)23-61-30-7-3-6-28-35(30)41(57)51(40(28)56)29-12-13-32(52)47-38(29)54/h3,6-11,29,41,57H,4-5,12-23H2,1-2H3,(H,44,53)(H,45,55)(H,47,52,54). The molecule has 328 valence electrons. The zero-order chi connectivity index (χ0) is 43.8. The number of aryl methyl sites for hydroxylation is 1. The summed E-state index contributed by atoms with van der Waals surface area (Å²) in [6.07, 6.45) is -0.152. The van der Waals surface area contributed by atoms with Gasteiger partial charge < -0.3 is 34.7 Å². The van der Waals surface area contributed by atoms with Gasteiger partial charge in [0.25, 0.3) is 17.7 Å². The highest BCUT2D eigenvalue weighted by Crippen LogP contribution is 2.41. The summed E-state index contributed by atoms with van der Waals surface area (Å²) in [5, 5.41) is 29.0. The molecule has 7 rings (SSSR count). The number of halogens is 1. The van der Waals surface area contributed by atoms with Crippen LogP contribution in [0.4, 0.5) is 0 Å². The van der Waals surface area contributed by atoms with Crippen LogP contribution in [0, 0.1) is 13.8 Å². The summed E-state index contributed by atoms with van der Waals surface area (Å²) in [7, 11) is 0. The summed E-state index contributed by atoms with van der Waals surface area (Å²) in [5.41, 5.74) is 3.73. The number of aliphatic imine (C=N–C) groups is 1. The van der Waals surface area contributed by atoms with Gasteiger partial charge in [0, 0.05) is 48.9 Å². The number of benzene rings is 2. The van der Waals surface area contributed by atoms with Gasteiger partial charge in [0.15, 0.2) is 18.7 Å². The van der Waals surface area contributed by atoms with E-state index in [1.807, 2.05) is 42.7 Å². The normalized spacial score (nSPS) is 16.9. The van der Waals surface area contributed by atoms with Gasteiger partial charge in [-0.3, -0.25) is 43.7 Å². The first-order valence-corrected chi connectivity index (χ1v) is 21.5. The van der Waals surface area contributed by atoms with E-state index in [0.717, 1.165) is 38.1 Å². The first kappa shape index (κ1) is 44.5. The van der Waals surface area contributed by atoms with Gasteiger partial charge in [-0.2, -0.15) is 0 Å². The molecule has 0 bridgehead atoms. The van der Waals surface area contributed by atoms with E-state index in [1.165, 1.54) is 23.5 Å². The van der Waals surface area contributed by atoms with Gasteiger partial charge in [-0.05, 0) is 62.9 Å². The fourth-order valence-corrected chi connectivity index (χ4v) is 8.78. The second kappa shape index (κ2) is 20.5. The molecule has 4 aromatic rings. The third-order valence-corrected chi connectivity index (χ3v) is 11.9. The van der Waals surface area contributed by atoms with Crippen molar-refractivity contribution in [2.75, 3.05) is 59.3 Å². The highest BCUT2D eigenvalue weighted by Gasteiger charge is 2.45. The molecule has 1 saturated heterocycles. The molecule has 2 aromatic carbocycles. The molecular formula is C42H47ClN8O10S. The van der Waals surface area contributed by atoms with Gasteiger partial charge in [-0.25, -0.2) is 0 Å². The molecule has 0 radical (unpaired) electrons. The van der Waals surface area contributed by atoms with E-state index in [2.05, 4.69) is 26.1 Å². The number of ether oxygens (including phenoxy) is 4. The first-order chi connectivity index (χ1) is 30.0. The van der Waals surface area contributed by atoms with Crippen LogP contribution >= 0.6 is 22.9 Å². The Morgan fingerprint density at radius 3 is 2.34 bits per heavy atom. The van der Waals surface area contributed by atoms with Gasteiger partial charge in [0.05, 0.1) is 48.1 Å². The predicted octanol–water partition coefficient (Wildman–Crippen LogP) is 2.96. The van der Waals surface area contributed by atoms with E-state index in [-0.39, 0.29) is 42.2 Å². The number of carbonyl (C=O) groups is 5. The molecule has 5 amide bonds. The quantitative estimate of drug-likeness (QED) is 0.0743.